The summed E-state index contributed by atoms with van der Waals surface area (Å²) >= 11 is 0. The normalized spacial score (nSPS) is 17.3. The van der Waals surface area contributed by atoms with E-state index in [1.807, 2.05) is 6.92 Å². The fourth-order valence-electron chi connectivity index (χ4n) is 2.38. The molecule has 0 radical (unpaired) electrons. The van der Waals surface area contributed by atoms with Crippen molar-refractivity contribution in [3.63, 3.8) is 0 Å². The molecular formula is C13H23N5O3S. The van der Waals surface area contributed by atoms with Crippen LogP contribution in [0.5, 0.6) is 0 Å². The molecule has 0 aromatic carbocycles. The van der Waals surface area contributed by atoms with Crippen molar-refractivity contribution >= 4 is 16.1 Å². The topological polar surface area (TPSA) is 87.5 Å². The lowest BCUT2D eigenvalue weighted by Crippen LogP contribution is -2.42. The van der Waals surface area contributed by atoms with Crippen molar-refractivity contribution in [3.05, 3.63) is 12.0 Å². The Morgan fingerprint density at radius 1 is 1.32 bits per heavy atom. The quantitative estimate of drug-likeness (QED) is 0.855. The van der Waals surface area contributed by atoms with Crippen LogP contribution in [-0.4, -0.2) is 65.9 Å². The molecule has 2 rings (SSSR count). The lowest BCUT2D eigenvalue weighted by atomic mass is 10.4. The molecule has 1 aromatic heterocycles. The molecule has 1 saturated heterocycles. The van der Waals surface area contributed by atoms with E-state index >= 15 is 0 Å². The Kier molecular flexibility index (Phi) is 5.07. The molecule has 0 spiro atoms. The highest BCUT2D eigenvalue weighted by molar-refractivity contribution is 7.89. The molecule has 124 valence electrons. The molecule has 1 aliphatic rings. The minimum absolute atomic E-state index is 0.0685. The predicted molar refractivity (Wildman–Crippen MR) is 82.0 cm³/mol. The van der Waals surface area contributed by atoms with Gasteiger partial charge in [0.15, 0.2) is 5.03 Å². The third-order valence-corrected chi connectivity index (χ3v) is 5.53. The summed E-state index contributed by atoms with van der Waals surface area (Å²) in [5.74, 6) is 0.650. The Morgan fingerprint density at radius 2 is 2.05 bits per heavy atom. The highest BCUT2D eigenvalue weighted by atomic mass is 32.2. The number of urea groups is 1. The van der Waals surface area contributed by atoms with E-state index in [-0.39, 0.29) is 17.6 Å². The summed E-state index contributed by atoms with van der Waals surface area (Å²) in [5.41, 5.74) is 0. The molecule has 2 heterocycles. The first-order valence-electron chi connectivity index (χ1n) is 7.39. The molecule has 1 N–H and O–H groups in total. The molecule has 0 aliphatic carbocycles. The van der Waals surface area contributed by atoms with E-state index in [4.69, 9.17) is 0 Å². The van der Waals surface area contributed by atoms with Crippen molar-refractivity contribution in [3.8, 4) is 0 Å². The maximum atomic E-state index is 12.6. The van der Waals surface area contributed by atoms with E-state index in [0.717, 1.165) is 0 Å². The van der Waals surface area contributed by atoms with Crippen LogP contribution in [0.1, 0.15) is 19.2 Å². The number of amides is 2. The second kappa shape index (κ2) is 6.66. The van der Waals surface area contributed by atoms with Gasteiger partial charge in [0.25, 0.3) is 10.0 Å². The fourth-order valence-corrected chi connectivity index (χ4v) is 3.88. The first-order valence-corrected chi connectivity index (χ1v) is 8.83. The van der Waals surface area contributed by atoms with Gasteiger partial charge in [-0.15, -0.1) is 0 Å². The standard InChI is InChI=1S/C13H23N5O3S/c1-4-14-13(19)17-6-5-7-18(9-8-17)22(20,21)12-10-16(3)11(2)15-12/h10H,4-9H2,1-3H3,(H,14,19). The van der Waals surface area contributed by atoms with Crippen molar-refractivity contribution in [2.45, 2.75) is 25.3 Å². The Balaban J connectivity index is 2.11. The number of carbonyl (C=O) groups excluding carboxylic acids is 1. The number of carbonyl (C=O) groups is 1. The van der Waals surface area contributed by atoms with Gasteiger partial charge in [0.1, 0.15) is 5.82 Å². The SMILES string of the molecule is CCNC(=O)N1CCCN(S(=O)(=O)c2cn(C)c(C)n2)CC1. The van der Waals surface area contributed by atoms with Gasteiger partial charge in [-0.05, 0) is 20.3 Å². The smallest absolute Gasteiger partial charge is 0.317 e. The average Bonchev–Trinajstić information content (AvgIpc) is 2.69. The zero-order chi connectivity index (χ0) is 16.3. The number of imidazole rings is 1. The number of aromatic nitrogens is 2. The number of hydrogen-bond donors (Lipinski definition) is 1. The van der Waals surface area contributed by atoms with Crippen LogP contribution < -0.4 is 5.32 Å². The van der Waals surface area contributed by atoms with Gasteiger partial charge >= 0.3 is 6.03 Å². The van der Waals surface area contributed by atoms with Gasteiger partial charge in [0.2, 0.25) is 0 Å². The summed E-state index contributed by atoms with van der Waals surface area (Å²) in [4.78, 5) is 17.6. The second-order valence-corrected chi connectivity index (χ2v) is 7.20. The first kappa shape index (κ1) is 16.8. The van der Waals surface area contributed by atoms with Gasteiger partial charge in [-0.25, -0.2) is 18.2 Å². The van der Waals surface area contributed by atoms with Crippen LogP contribution in [0.25, 0.3) is 0 Å². The zero-order valence-electron chi connectivity index (χ0n) is 13.2. The number of sulfonamides is 1. The monoisotopic (exact) mass is 329 g/mol. The highest BCUT2D eigenvalue weighted by Crippen LogP contribution is 2.17. The molecule has 2 amide bonds. The molecule has 0 atom stereocenters. The van der Waals surface area contributed by atoms with Crippen molar-refractivity contribution in [1.29, 1.82) is 0 Å². The summed E-state index contributed by atoms with van der Waals surface area (Å²) in [5, 5.41) is 2.81. The van der Waals surface area contributed by atoms with Crippen LogP contribution in [-0.2, 0) is 17.1 Å². The minimum atomic E-state index is -3.61. The number of nitrogens with zero attached hydrogens (tertiary/aromatic N) is 4. The predicted octanol–water partition coefficient (Wildman–Crippen LogP) is 0.154. The van der Waals surface area contributed by atoms with Crippen LogP contribution in [0, 0.1) is 6.92 Å². The lowest BCUT2D eigenvalue weighted by Gasteiger charge is -2.21. The van der Waals surface area contributed by atoms with E-state index in [9.17, 15) is 13.2 Å². The molecular weight excluding hydrogens is 306 g/mol. The minimum Gasteiger partial charge on any atom is -0.338 e. The van der Waals surface area contributed by atoms with Crippen molar-refractivity contribution < 1.29 is 13.2 Å². The molecule has 9 heteroatoms. The van der Waals surface area contributed by atoms with Crippen LogP contribution >= 0.6 is 0 Å². The Bertz CT molecular complexity index is 621. The van der Waals surface area contributed by atoms with Crippen molar-refractivity contribution in [1.82, 2.24) is 24.1 Å². The number of aryl methyl sites for hydroxylation is 2. The first-order chi connectivity index (χ1) is 10.4. The number of hydrogen-bond acceptors (Lipinski definition) is 4. The maximum absolute atomic E-state index is 12.6. The van der Waals surface area contributed by atoms with Crippen LogP contribution in [0.15, 0.2) is 11.2 Å². The molecule has 0 saturated carbocycles. The Labute approximate surface area is 131 Å². The van der Waals surface area contributed by atoms with Crippen molar-refractivity contribution in [2.24, 2.45) is 7.05 Å². The molecule has 8 nitrogen and oxygen atoms in total. The summed E-state index contributed by atoms with van der Waals surface area (Å²) in [6.45, 7) is 5.80. The summed E-state index contributed by atoms with van der Waals surface area (Å²) < 4.78 is 28.4. The van der Waals surface area contributed by atoms with E-state index in [1.165, 1.54) is 10.5 Å². The lowest BCUT2D eigenvalue weighted by molar-refractivity contribution is 0.201. The third kappa shape index (κ3) is 3.41. The van der Waals surface area contributed by atoms with Gasteiger partial charge in [-0.2, -0.15) is 4.31 Å². The molecule has 0 unspecified atom stereocenters. The molecule has 0 bridgehead atoms. The Hall–Kier alpha value is -1.61. The number of rotatable bonds is 3. The van der Waals surface area contributed by atoms with Gasteiger partial charge < -0.3 is 14.8 Å². The summed E-state index contributed by atoms with van der Waals surface area (Å²) in [6.07, 6.45) is 2.14. The van der Waals surface area contributed by atoms with E-state index in [2.05, 4.69) is 10.3 Å². The summed E-state index contributed by atoms with van der Waals surface area (Å²) in [6, 6.07) is -0.143. The van der Waals surface area contributed by atoms with E-state index in [0.29, 0.717) is 38.4 Å². The Morgan fingerprint density at radius 3 is 2.64 bits per heavy atom. The highest BCUT2D eigenvalue weighted by Gasteiger charge is 2.30. The average molecular weight is 329 g/mol. The van der Waals surface area contributed by atoms with Crippen LogP contribution in [0.4, 0.5) is 4.79 Å². The van der Waals surface area contributed by atoms with Crippen LogP contribution in [0.2, 0.25) is 0 Å². The molecule has 1 aromatic rings. The van der Waals surface area contributed by atoms with Gasteiger partial charge in [0, 0.05) is 46.0 Å². The largest absolute Gasteiger partial charge is 0.338 e. The maximum Gasteiger partial charge on any atom is 0.317 e. The fraction of sp³-hybridized carbons (Fsp3) is 0.692. The number of nitrogens with one attached hydrogen (secondary N) is 1. The van der Waals surface area contributed by atoms with E-state index in [1.54, 1.807) is 23.4 Å². The molecule has 1 aliphatic heterocycles. The van der Waals surface area contributed by atoms with Gasteiger partial charge in [-0.1, -0.05) is 0 Å². The summed E-state index contributed by atoms with van der Waals surface area (Å²) in [7, 11) is -1.84. The second-order valence-electron chi connectivity index (χ2n) is 5.32. The molecule has 22 heavy (non-hydrogen) atoms. The molecule has 1 fully saturated rings. The van der Waals surface area contributed by atoms with Crippen molar-refractivity contribution in [2.75, 3.05) is 32.7 Å². The zero-order valence-corrected chi connectivity index (χ0v) is 14.1. The third-order valence-electron chi connectivity index (χ3n) is 3.76. The van der Waals surface area contributed by atoms with Crippen LogP contribution in [0.3, 0.4) is 0 Å². The van der Waals surface area contributed by atoms with Gasteiger partial charge in [-0.3, -0.25) is 0 Å². The van der Waals surface area contributed by atoms with E-state index < -0.39 is 10.0 Å². The van der Waals surface area contributed by atoms with Gasteiger partial charge in [0.05, 0.1) is 0 Å².